The summed E-state index contributed by atoms with van der Waals surface area (Å²) in [6.45, 7) is 1.51. The summed E-state index contributed by atoms with van der Waals surface area (Å²) in [5.74, 6) is -1.36. The number of hydrogen-bond acceptors (Lipinski definition) is 4. The highest BCUT2D eigenvalue weighted by Gasteiger charge is 2.20. The van der Waals surface area contributed by atoms with Crippen molar-refractivity contribution in [2.45, 2.75) is 19.4 Å². The molecule has 2 rings (SSSR count). The van der Waals surface area contributed by atoms with Gasteiger partial charge in [0.05, 0.1) is 14.9 Å². The average molecular weight is 364 g/mol. The number of nitrogens with zero attached hydrogens (tertiary/aromatic N) is 1. The molecule has 0 radical (unpaired) electrons. The zero-order valence-electron chi connectivity index (χ0n) is 10.8. The number of carboxylic acid groups (broad SMARTS) is 1. The minimum absolute atomic E-state index is 0.119. The van der Waals surface area contributed by atoms with E-state index in [-0.39, 0.29) is 18.3 Å². The molecule has 0 aliphatic rings. The summed E-state index contributed by atoms with van der Waals surface area (Å²) in [6, 6.07) is 5.21. The van der Waals surface area contributed by atoms with Crippen LogP contribution < -0.4 is 0 Å². The van der Waals surface area contributed by atoms with Crippen LogP contribution in [0.2, 0.25) is 10.0 Å². The van der Waals surface area contributed by atoms with Gasteiger partial charge in [-0.3, -0.25) is 9.36 Å². The molecule has 0 fully saturated rings. The number of carboxylic acids is 1. The molecule has 1 aromatic carbocycles. The van der Waals surface area contributed by atoms with Crippen LogP contribution in [0.1, 0.15) is 23.3 Å². The highest BCUT2D eigenvalue weighted by molar-refractivity contribution is 7.73. The summed E-state index contributed by atoms with van der Waals surface area (Å²) in [4.78, 5) is 11.4. The molecule has 2 aromatic rings. The van der Waals surface area contributed by atoms with Crippen LogP contribution in [-0.4, -0.2) is 20.7 Å². The monoisotopic (exact) mass is 363 g/mol. The maximum atomic E-state index is 10.8. The molecule has 1 heterocycles. The van der Waals surface area contributed by atoms with Gasteiger partial charge in [-0.2, -0.15) is 0 Å². The number of thiazole rings is 1. The highest BCUT2D eigenvalue weighted by Crippen LogP contribution is 2.38. The molecular weight excluding hydrogens is 353 g/mol. The molecule has 112 valence electrons. The topological polar surface area (TPSA) is 62.5 Å². The lowest BCUT2D eigenvalue weighted by Crippen LogP contribution is -2.08. The average Bonchev–Trinajstić information content (AvgIpc) is 2.68. The van der Waals surface area contributed by atoms with E-state index in [1.54, 1.807) is 12.1 Å². The van der Waals surface area contributed by atoms with Gasteiger partial charge >= 0.3 is 5.97 Å². The minimum Gasteiger partial charge on any atom is -0.494 e. The Hall–Kier alpha value is -1.08. The Kier molecular flexibility index (Phi) is 4.93. The Morgan fingerprint density at radius 2 is 2.10 bits per heavy atom. The number of rotatable bonds is 4. The van der Waals surface area contributed by atoms with Gasteiger partial charge in [-0.25, -0.2) is 0 Å². The second-order valence-corrected chi connectivity index (χ2v) is 6.92. The minimum atomic E-state index is -1.06. The van der Waals surface area contributed by atoms with Crippen LogP contribution in [0.3, 0.4) is 0 Å². The quantitative estimate of drug-likeness (QED) is 0.783. The molecule has 0 saturated carbocycles. The van der Waals surface area contributed by atoms with Crippen LogP contribution >= 0.6 is 46.8 Å². The molecule has 0 aliphatic carbocycles. The fourth-order valence-electron chi connectivity index (χ4n) is 1.90. The third-order valence-corrected chi connectivity index (χ3v) is 5.38. The van der Waals surface area contributed by atoms with E-state index in [1.807, 2.05) is 13.0 Å². The van der Waals surface area contributed by atoms with Crippen LogP contribution in [0.5, 0.6) is 5.88 Å². The first-order chi connectivity index (χ1) is 9.81. The maximum absolute atomic E-state index is 10.8. The van der Waals surface area contributed by atoms with Crippen LogP contribution in [0.4, 0.5) is 0 Å². The number of aromatic nitrogens is 1. The van der Waals surface area contributed by atoms with Crippen molar-refractivity contribution in [1.29, 1.82) is 0 Å². The lowest BCUT2D eigenvalue weighted by atomic mass is 10.00. The predicted octanol–water partition coefficient (Wildman–Crippen LogP) is 4.53. The summed E-state index contributed by atoms with van der Waals surface area (Å²) in [7, 11) is 0. The van der Waals surface area contributed by atoms with Crippen molar-refractivity contribution in [2.75, 3.05) is 0 Å². The van der Waals surface area contributed by atoms with Gasteiger partial charge in [0.2, 0.25) is 5.88 Å². The molecule has 4 nitrogen and oxygen atoms in total. The molecule has 8 heteroatoms. The van der Waals surface area contributed by atoms with E-state index in [1.165, 1.54) is 15.9 Å². The first-order valence-corrected chi connectivity index (χ1v) is 7.88. The molecule has 21 heavy (non-hydrogen) atoms. The Morgan fingerprint density at radius 1 is 1.43 bits per heavy atom. The third-order valence-electron chi connectivity index (χ3n) is 3.02. The fraction of sp³-hybridized carbons (Fsp3) is 0.231. The maximum Gasteiger partial charge on any atom is 0.323 e. The van der Waals surface area contributed by atoms with Gasteiger partial charge in [-0.1, -0.05) is 36.2 Å². The number of carbonyl (C=O) groups is 1. The zero-order valence-corrected chi connectivity index (χ0v) is 14.0. The van der Waals surface area contributed by atoms with Gasteiger partial charge in [-0.15, -0.1) is 11.3 Å². The SMILES string of the molecule is CC(c1ccc(Cl)c(Cl)c1)c1sc(=S)n(CC(=O)O)c1O. The van der Waals surface area contributed by atoms with E-state index in [0.29, 0.717) is 18.9 Å². The number of benzene rings is 1. The standard InChI is InChI=1S/C13H11Cl2NO3S2/c1-6(7-2-3-8(14)9(15)4-7)11-12(19)16(5-10(17)18)13(20)21-11/h2-4,6,19H,5H2,1H3,(H,17,18). The molecule has 0 saturated heterocycles. The van der Waals surface area contributed by atoms with E-state index in [0.717, 1.165) is 5.56 Å². The van der Waals surface area contributed by atoms with E-state index in [2.05, 4.69) is 0 Å². The van der Waals surface area contributed by atoms with E-state index in [9.17, 15) is 9.90 Å². The molecule has 0 bridgehead atoms. The van der Waals surface area contributed by atoms with Gasteiger partial charge in [0, 0.05) is 5.92 Å². The van der Waals surface area contributed by atoms with Crippen molar-refractivity contribution in [1.82, 2.24) is 4.57 Å². The molecule has 0 aliphatic heterocycles. The largest absolute Gasteiger partial charge is 0.494 e. The lowest BCUT2D eigenvalue weighted by Gasteiger charge is -2.11. The van der Waals surface area contributed by atoms with Gasteiger partial charge in [-0.05, 0) is 29.9 Å². The van der Waals surface area contributed by atoms with Crippen LogP contribution in [0.25, 0.3) is 0 Å². The second kappa shape index (κ2) is 6.36. The summed E-state index contributed by atoms with van der Waals surface area (Å²) in [6.07, 6.45) is 0. The van der Waals surface area contributed by atoms with Crippen LogP contribution in [0, 0.1) is 3.95 Å². The Bertz CT molecular complexity index is 754. The van der Waals surface area contributed by atoms with E-state index >= 15 is 0 Å². The number of hydrogen-bond donors (Lipinski definition) is 2. The molecular formula is C13H11Cl2NO3S2. The summed E-state index contributed by atoms with van der Waals surface area (Å²) in [5, 5.41) is 19.9. The first-order valence-electron chi connectivity index (χ1n) is 5.90. The van der Waals surface area contributed by atoms with Crippen molar-refractivity contribution in [3.05, 3.63) is 42.6 Å². The summed E-state index contributed by atoms with van der Waals surface area (Å²) in [5.41, 5.74) is 0.860. The first kappa shape index (κ1) is 16.3. The number of aromatic hydroxyl groups is 1. The van der Waals surface area contributed by atoms with Gasteiger partial charge in [0.1, 0.15) is 6.54 Å². The van der Waals surface area contributed by atoms with Crippen LogP contribution in [0.15, 0.2) is 18.2 Å². The molecule has 1 unspecified atom stereocenters. The molecule has 0 amide bonds. The Morgan fingerprint density at radius 3 is 2.67 bits per heavy atom. The predicted molar refractivity (Wildman–Crippen MR) is 86.4 cm³/mol. The van der Waals surface area contributed by atoms with Crippen molar-refractivity contribution < 1.29 is 15.0 Å². The molecule has 2 N–H and O–H groups in total. The lowest BCUT2D eigenvalue weighted by molar-refractivity contribution is -0.137. The van der Waals surface area contributed by atoms with Crippen molar-refractivity contribution in [3.8, 4) is 5.88 Å². The van der Waals surface area contributed by atoms with Crippen molar-refractivity contribution in [2.24, 2.45) is 0 Å². The van der Waals surface area contributed by atoms with Gasteiger partial charge in [0.25, 0.3) is 0 Å². The molecule has 1 atom stereocenters. The van der Waals surface area contributed by atoms with E-state index in [4.69, 9.17) is 40.5 Å². The fourth-order valence-corrected chi connectivity index (χ4v) is 3.59. The Labute approximate surface area is 140 Å². The number of aliphatic carboxylic acids is 1. The Balaban J connectivity index is 2.44. The smallest absolute Gasteiger partial charge is 0.323 e. The highest BCUT2D eigenvalue weighted by atomic mass is 35.5. The summed E-state index contributed by atoms with van der Waals surface area (Å²) < 4.78 is 1.52. The zero-order chi connectivity index (χ0) is 15.7. The second-order valence-electron chi connectivity index (χ2n) is 4.43. The van der Waals surface area contributed by atoms with Gasteiger partial charge in [0.15, 0.2) is 3.95 Å². The molecule has 0 spiro atoms. The molecule has 1 aromatic heterocycles. The van der Waals surface area contributed by atoms with Crippen LogP contribution in [-0.2, 0) is 11.3 Å². The van der Waals surface area contributed by atoms with Crippen molar-refractivity contribution >= 4 is 52.7 Å². The summed E-state index contributed by atoms with van der Waals surface area (Å²) >= 11 is 18.2. The normalized spacial score (nSPS) is 12.3. The van der Waals surface area contributed by atoms with Crippen molar-refractivity contribution in [3.63, 3.8) is 0 Å². The van der Waals surface area contributed by atoms with E-state index < -0.39 is 5.97 Å². The third kappa shape index (κ3) is 3.40. The van der Waals surface area contributed by atoms with Gasteiger partial charge < -0.3 is 10.2 Å². The number of halogens is 2.